The van der Waals surface area contributed by atoms with Gasteiger partial charge in [-0.1, -0.05) is 22.9 Å². The molecule has 1 N–H and O–H groups in total. The Kier molecular flexibility index (Phi) is 5.07. The molecule has 0 aliphatic carbocycles. The maximum absolute atomic E-state index is 12.1. The van der Waals surface area contributed by atoms with Gasteiger partial charge in [0.05, 0.1) is 12.1 Å². The highest BCUT2D eigenvalue weighted by Crippen LogP contribution is 2.21. The van der Waals surface area contributed by atoms with E-state index < -0.39 is 0 Å². The lowest BCUT2D eigenvalue weighted by atomic mass is 10.2. The highest BCUT2D eigenvalue weighted by atomic mass is 79.9. The van der Waals surface area contributed by atoms with Crippen molar-refractivity contribution in [2.24, 2.45) is 0 Å². The summed E-state index contributed by atoms with van der Waals surface area (Å²) < 4.78 is 0.917. The maximum Gasteiger partial charge on any atom is 0.252 e. The lowest BCUT2D eigenvalue weighted by molar-refractivity contribution is 0.0948. The smallest absolute Gasteiger partial charge is 0.252 e. The summed E-state index contributed by atoms with van der Waals surface area (Å²) in [5.74, 6) is -0.0899. The van der Waals surface area contributed by atoms with Crippen LogP contribution in [-0.4, -0.2) is 5.91 Å². The molecule has 19 heavy (non-hydrogen) atoms. The molecule has 1 amide bonds. The number of halogens is 1. The van der Waals surface area contributed by atoms with Crippen molar-refractivity contribution >= 4 is 45.8 Å². The van der Waals surface area contributed by atoms with Crippen LogP contribution in [0.2, 0.25) is 0 Å². The summed E-state index contributed by atoms with van der Waals surface area (Å²) >= 11 is 9.36. The second-order valence-electron chi connectivity index (χ2n) is 4.07. The third kappa shape index (κ3) is 3.61. The van der Waals surface area contributed by atoms with Crippen LogP contribution in [0.4, 0.5) is 0 Å². The standard InChI is InChI=1S/C14H14BrNOS2/c1-2-9-5-6-19-13(9)8-16-14(17)11-4-3-10(15)7-12(11)18/h3-7,18H,2,8H2,1H3,(H,16,17). The van der Waals surface area contributed by atoms with Gasteiger partial charge >= 0.3 is 0 Å². The lowest BCUT2D eigenvalue weighted by Crippen LogP contribution is -2.23. The summed E-state index contributed by atoms with van der Waals surface area (Å²) in [6.07, 6.45) is 0.991. The zero-order chi connectivity index (χ0) is 13.8. The molecule has 5 heteroatoms. The minimum atomic E-state index is -0.0899. The predicted octanol–water partition coefficient (Wildman–Crippen LogP) is 4.29. The van der Waals surface area contributed by atoms with Gasteiger partial charge in [-0.05, 0) is 41.6 Å². The van der Waals surface area contributed by atoms with Crippen LogP contribution >= 0.6 is 39.9 Å². The van der Waals surface area contributed by atoms with E-state index in [1.165, 1.54) is 10.4 Å². The molecule has 100 valence electrons. The molecule has 0 saturated carbocycles. The highest BCUT2D eigenvalue weighted by Gasteiger charge is 2.10. The molecule has 1 aromatic carbocycles. The largest absolute Gasteiger partial charge is 0.347 e. The Morgan fingerprint density at radius 3 is 2.89 bits per heavy atom. The molecule has 0 aliphatic heterocycles. The van der Waals surface area contributed by atoms with Crippen molar-refractivity contribution in [3.8, 4) is 0 Å². The average Bonchev–Trinajstić information content (AvgIpc) is 2.83. The first kappa shape index (κ1) is 14.6. The summed E-state index contributed by atoms with van der Waals surface area (Å²) in [5.41, 5.74) is 1.90. The fourth-order valence-electron chi connectivity index (χ4n) is 1.79. The SMILES string of the molecule is CCc1ccsc1CNC(=O)c1ccc(Br)cc1S. The third-order valence-corrected chi connectivity index (χ3v) is 4.66. The van der Waals surface area contributed by atoms with Crippen LogP contribution in [0, 0.1) is 0 Å². The van der Waals surface area contributed by atoms with Gasteiger partial charge in [0.25, 0.3) is 5.91 Å². The Morgan fingerprint density at radius 2 is 2.21 bits per heavy atom. The number of hydrogen-bond donors (Lipinski definition) is 2. The molecule has 0 radical (unpaired) electrons. The van der Waals surface area contributed by atoms with Gasteiger partial charge in [0, 0.05) is 14.2 Å². The van der Waals surface area contributed by atoms with Gasteiger partial charge < -0.3 is 5.32 Å². The average molecular weight is 356 g/mol. The maximum atomic E-state index is 12.1. The van der Waals surface area contributed by atoms with Gasteiger partial charge in [0.2, 0.25) is 0 Å². The molecule has 0 saturated heterocycles. The second-order valence-corrected chi connectivity index (χ2v) is 6.46. The summed E-state index contributed by atoms with van der Waals surface area (Å²) in [6, 6.07) is 7.55. The fourth-order valence-corrected chi connectivity index (χ4v) is 3.56. The summed E-state index contributed by atoms with van der Waals surface area (Å²) in [7, 11) is 0. The number of amides is 1. The molecule has 0 bridgehead atoms. The number of thiol groups is 1. The summed E-state index contributed by atoms with van der Waals surface area (Å²) in [5, 5.41) is 5.00. The Balaban J connectivity index is 2.05. The highest BCUT2D eigenvalue weighted by molar-refractivity contribution is 9.10. The number of benzene rings is 1. The van der Waals surface area contributed by atoms with E-state index in [4.69, 9.17) is 0 Å². The monoisotopic (exact) mass is 355 g/mol. The zero-order valence-corrected chi connectivity index (χ0v) is 13.7. The van der Waals surface area contributed by atoms with Gasteiger partial charge in [0.15, 0.2) is 0 Å². The number of nitrogens with one attached hydrogen (secondary N) is 1. The van der Waals surface area contributed by atoms with Crippen molar-refractivity contribution in [3.63, 3.8) is 0 Å². The molecule has 0 fully saturated rings. The van der Waals surface area contributed by atoms with E-state index in [9.17, 15) is 4.79 Å². The van der Waals surface area contributed by atoms with E-state index in [1.54, 1.807) is 17.4 Å². The van der Waals surface area contributed by atoms with E-state index in [2.05, 4.69) is 52.2 Å². The molecule has 1 heterocycles. The van der Waals surface area contributed by atoms with Crippen molar-refractivity contribution in [2.75, 3.05) is 0 Å². The van der Waals surface area contributed by atoms with E-state index in [-0.39, 0.29) is 5.91 Å². The van der Waals surface area contributed by atoms with Gasteiger partial charge in [0.1, 0.15) is 0 Å². The minimum absolute atomic E-state index is 0.0899. The molecule has 0 atom stereocenters. The van der Waals surface area contributed by atoms with Crippen molar-refractivity contribution < 1.29 is 4.79 Å². The molecule has 2 nitrogen and oxygen atoms in total. The number of aryl methyl sites for hydroxylation is 1. The van der Waals surface area contributed by atoms with E-state index in [1.807, 2.05) is 12.1 Å². The quantitative estimate of drug-likeness (QED) is 0.786. The molecule has 0 unspecified atom stereocenters. The van der Waals surface area contributed by atoms with Gasteiger partial charge in [-0.25, -0.2) is 0 Å². The third-order valence-electron chi connectivity index (χ3n) is 2.83. The van der Waals surface area contributed by atoms with Crippen LogP contribution in [0.15, 0.2) is 39.0 Å². The first-order chi connectivity index (χ1) is 9.11. The van der Waals surface area contributed by atoms with Crippen LogP contribution in [0.3, 0.4) is 0 Å². The number of carbonyl (C=O) groups excluding carboxylic acids is 1. The minimum Gasteiger partial charge on any atom is -0.347 e. The molecule has 0 aliphatic rings. The van der Waals surface area contributed by atoms with E-state index in [0.717, 1.165) is 10.9 Å². The molecule has 2 aromatic rings. The van der Waals surface area contributed by atoms with Crippen molar-refractivity contribution in [2.45, 2.75) is 24.8 Å². The number of rotatable bonds is 4. The lowest BCUT2D eigenvalue weighted by Gasteiger charge is -2.07. The Morgan fingerprint density at radius 1 is 1.42 bits per heavy atom. The van der Waals surface area contributed by atoms with Crippen LogP contribution in [0.5, 0.6) is 0 Å². The molecule has 2 rings (SSSR count). The number of carbonyl (C=O) groups is 1. The van der Waals surface area contributed by atoms with Gasteiger partial charge in [-0.3, -0.25) is 4.79 Å². The summed E-state index contributed by atoms with van der Waals surface area (Å²) in [6.45, 7) is 2.69. The zero-order valence-electron chi connectivity index (χ0n) is 10.4. The number of hydrogen-bond acceptors (Lipinski definition) is 3. The van der Waals surface area contributed by atoms with Gasteiger partial charge in [-0.15, -0.1) is 24.0 Å². The number of thiophene rings is 1. The van der Waals surface area contributed by atoms with Crippen molar-refractivity contribution in [1.29, 1.82) is 0 Å². The molecular formula is C14H14BrNOS2. The Hall–Kier alpha value is -0.780. The first-order valence-electron chi connectivity index (χ1n) is 5.93. The van der Waals surface area contributed by atoms with E-state index >= 15 is 0 Å². The second kappa shape index (κ2) is 6.59. The van der Waals surface area contributed by atoms with E-state index in [0.29, 0.717) is 17.0 Å². The van der Waals surface area contributed by atoms with Crippen molar-refractivity contribution in [1.82, 2.24) is 5.32 Å². The predicted molar refractivity (Wildman–Crippen MR) is 86.3 cm³/mol. The van der Waals surface area contributed by atoms with Crippen LogP contribution in [-0.2, 0) is 13.0 Å². The van der Waals surface area contributed by atoms with Crippen LogP contribution in [0.1, 0.15) is 27.7 Å². The summed E-state index contributed by atoms with van der Waals surface area (Å²) in [4.78, 5) is 14.0. The molecular weight excluding hydrogens is 342 g/mol. The molecule has 0 spiro atoms. The van der Waals surface area contributed by atoms with Crippen molar-refractivity contribution in [3.05, 3.63) is 50.1 Å². The topological polar surface area (TPSA) is 29.1 Å². The molecule has 1 aromatic heterocycles. The van der Waals surface area contributed by atoms with Crippen LogP contribution < -0.4 is 5.32 Å². The fraction of sp³-hybridized carbons (Fsp3) is 0.214. The van der Waals surface area contributed by atoms with Gasteiger partial charge in [-0.2, -0.15) is 0 Å². The van der Waals surface area contributed by atoms with Crippen LogP contribution in [0.25, 0.3) is 0 Å². The normalized spacial score (nSPS) is 10.5. The Bertz CT molecular complexity index is 595. The Labute approximate surface area is 130 Å². The first-order valence-corrected chi connectivity index (χ1v) is 8.05.